The number of para-hydroxylation sites is 2. The second-order valence-electron chi connectivity index (χ2n) is 5.37. The number of imidazole rings is 1. The first-order valence-corrected chi connectivity index (χ1v) is 8.01. The summed E-state index contributed by atoms with van der Waals surface area (Å²) in [6.07, 6.45) is 0. The lowest BCUT2D eigenvalue weighted by Crippen LogP contribution is -2.29. The Morgan fingerprint density at radius 2 is 2.00 bits per heavy atom. The number of aromatic amines is 1. The zero-order valence-corrected chi connectivity index (χ0v) is 14.0. The molecular formula is C17H16BrN3O2. The molecule has 0 atom stereocenters. The third kappa shape index (κ3) is 4.18. The maximum absolute atomic E-state index is 11.1. The van der Waals surface area contributed by atoms with Crippen LogP contribution in [0, 0.1) is 0 Å². The minimum Gasteiger partial charge on any atom is -0.480 e. The molecule has 0 aliphatic carbocycles. The molecule has 2 aromatic carbocycles. The van der Waals surface area contributed by atoms with Gasteiger partial charge in [-0.25, -0.2) is 4.98 Å². The summed E-state index contributed by atoms with van der Waals surface area (Å²) in [7, 11) is 0. The molecule has 1 heterocycles. The van der Waals surface area contributed by atoms with Crippen LogP contribution in [0.5, 0.6) is 0 Å². The molecule has 1 aromatic heterocycles. The lowest BCUT2D eigenvalue weighted by molar-refractivity contribution is -0.138. The summed E-state index contributed by atoms with van der Waals surface area (Å²) in [4.78, 5) is 20.8. The summed E-state index contributed by atoms with van der Waals surface area (Å²) in [6, 6.07) is 15.6. The molecule has 0 bridgehead atoms. The molecule has 118 valence electrons. The number of hydrogen-bond acceptors (Lipinski definition) is 3. The van der Waals surface area contributed by atoms with Crippen molar-refractivity contribution in [1.82, 2.24) is 14.9 Å². The molecule has 0 unspecified atom stereocenters. The molecule has 0 aliphatic rings. The average molecular weight is 374 g/mol. The minimum atomic E-state index is -0.851. The Morgan fingerprint density at radius 3 is 2.74 bits per heavy atom. The number of carboxylic acid groups (broad SMARTS) is 1. The zero-order valence-electron chi connectivity index (χ0n) is 12.4. The summed E-state index contributed by atoms with van der Waals surface area (Å²) < 4.78 is 0.981. The van der Waals surface area contributed by atoms with Crippen LogP contribution in [0.3, 0.4) is 0 Å². The van der Waals surface area contributed by atoms with E-state index in [0.717, 1.165) is 26.9 Å². The summed E-state index contributed by atoms with van der Waals surface area (Å²) in [6.45, 7) is 0.958. The van der Waals surface area contributed by atoms with Crippen LogP contribution in [0.4, 0.5) is 0 Å². The van der Waals surface area contributed by atoms with E-state index in [-0.39, 0.29) is 6.54 Å². The fourth-order valence-electron chi connectivity index (χ4n) is 2.54. The fraction of sp³-hybridized carbons (Fsp3) is 0.176. The Balaban J connectivity index is 1.79. The van der Waals surface area contributed by atoms with Gasteiger partial charge in [0.25, 0.3) is 0 Å². The molecule has 2 N–H and O–H groups in total. The van der Waals surface area contributed by atoms with E-state index in [1.807, 2.05) is 53.4 Å². The first-order chi connectivity index (χ1) is 11.1. The van der Waals surface area contributed by atoms with Gasteiger partial charge in [-0.15, -0.1) is 0 Å². The summed E-state index contributed by atoms with van der Waals surface area (Å²) in [5.41, 5.74) is 2.90. The van der Waals surface area contributed by atoms with Crippen molar-refractivity contribution in [1.29, 1.82) is 0 Å². The van der Waals surface area contributed by atoms with Crippen molar-refractivity contribution in [3.05, 3.63) is 64.4 Å². The van der Waals surface area contributed by atoms with Crippen molar-refractivity contribution >= 4 is 32.9 Å². The highest BCUT2D eigenvalue weighted by atomic mass is 79.9. The largest absolute Gasteiger partial charge is 0.480 e. The number of carbonyl (C=O) groups is 1. The second kappa shape index (κ2) is 6.93. The molecule has 23 heavy (non-hydrogen) atoms. The van der Waals surface area contributed by atoms with E-state index in [2.05, 4.69) is 25.9 Å². The van der Waals surface area contributed by atoms with Crippen LogP contribution in [0.25, 0.3) is 11.0 Å². The molecular weight excluding hydrogens is 358 g/mol. The van der Waals surface area contributed by atoms with Crippen molar-refractivity contribution < 1.29 is 9.90 Å². The third-order valence-electron chi connectivity index (χ3n) is 3.47. The molecule has 3 rings (SSSR count). The van der Waals surface area contributed by atoms with Gasteiger partial charge >= 0.3 is 5.97 Å². The number of nitrogens with zero attached hydrogens (tertiary/aromatic N) is 2. The predicted octanol–water partition coefficient (Wildman–Crippen LogP) is 3.41. The van der Waals surface area contributed by atoms with Crippen molar-refractivity contribution in [3.63, 3.8) is 0 Å². The van der Waals surface area contributed by atoms with E-state index in [9.17, 15) is 4.79 Å². The van der Waals surface area contributed by atoms with E-state index in [4.69, 9.17) is 5.11 Å². The predicted molar refractivity (Wildman–Crippen MR) is 92.0 cm³/mol. The number of rotatable bonds is 6. The maximum atomic E-state index is 11.1. The fourth-order valence-corrected chi connectivity index (χ4v) is 2.99. The van der Waals surface area contributed by atoms with Crippen LogP contribution in [0.2, 0.25) is 0 Å². The molecule has 6 heteroatoms. The van der Waals surface area contributed by atoms with Crippen molar-refractivity contribution in [2.24, 2.45) is 0 Å². The molecule has 0 saturated carbocycles. The minimum absolute atomic E-state index is 0.0381. The van der Waals surface area contributed by atoms with Crippen LogP contribution < -0.4 is 0 Å². The highest BCUT2D eigenvalue weighted by Gasteiger charge is 2.13. The average Bonchev–Trinajstić information content (AvgIpc) is 2.88. The number of carboxylic acids is 1. The van der Waals surface area contributed by atoms with E-state index >= 15 is 0 Å². The number of benzene rings is 2. The van der Waals surface area contributed by atoms with E-state index < -0.39 is 5.97 Å². The smallest absolute Gasteiger partial charge is 0.317 e. The topological polar surface area (TPSA) is 69.2 Å². The highest BCUT2D eigenvalue weighted by molar-refractivity contribution is 9.10. The number of nitrogens with one attached hydrogen (secondary N) is 1. The molecule has 5 nitrogen and oxygen atoms in total. The SMILES string of the molecule is O=C(O)CN(Cc1cccc(Br)c1)Cc1nc2ccccc2[nH]1. The van der Waals surface area contributed by atoms with Crippen molar-refractivity contribution in [2.75, 3.05) is 6.54 Å². The normalized spacial score (nSPS) is 11.2. The molecule has 0 radical (unpaired) electrons. The van der Waals surface area contributed by atoms with Gasteiger partial charge < -0.3 is 10.1 Å². The Kier molecular flexibility index (Phi) is 4.73. The van der Waals surface area contributed by atoms with E-state index in [1.54, 1.807) is 0 Å². The van der Waals surface area contributed by atoms with Crippen molar-refractivity contribution in [3.8, 4) is 0 Å². The van der Waals surface area contributed by atoms with Crippen LogP contribution >= 0.6 is 15.9 Å². The van der Waals surface area contributed by atoms with Crippen LogP contribution in [-0.2, 0) is 17.9 Å². The van der Waals surface area contributed by atoms with Gasteiger partial charge in [0, 0.05) is 11.0 Å². The number of H-pyrrole nitrogens is 1. The van der Waals surface area contributed by atoms with Gasteiger partial charge in [-0.05, 0) is 29.8 Å². The Hall–Kier alpha value is -2.18. The van der Waals surface area contributed by atoms with Crippen molar-refractivity contribution in [2.45, 2.75) is 13.1 Å². The molecule has 0 aliphatic heterocycles. The van der Waals surface area contributed by atoms with Gasteiger partial charge in [0.15, 0.2) is 0 Å². The molecule has 0 fully saturated rings. The maximum Gasteiger partial charge on any atom is 0.317 e. The number of aliphatic carboxylic acids is 1. The van der Waals surface area contributed by atoms with Gasteiger partial charge in [0.05, 0.1) is 24.1 Å². The molecule has 0 amide bonds. The standard InChI is InChI=1S/C17H16BrN3O2/c18-13-5-3-4-12(8-13)9-21(11-17(22)23)10-16-19-14-6-1-2-7-15(14)20-16/h1-8H,9-11H2,(H,19,20)(H,22,23). The Labute approximate surface area is 142 Å². The first kappa shape index (κ1) is 15.7. The van der Waals surface area contributed by atoms with Gasteiger partial charge in [-0.3, -0.25) is 9.69 Å². The first-order valence-electron chi connectivity index (χ1n) is 7.22. The molecule has 0 saturated heterocycles. The van der Waals surface area contributed by atoms with Crippen LogP contribution in [-0.4, -0.2) is 32.5 Å². The summed E-state index contributed by atoms with van der Waals surface area (Å²) in [5, 5.41) is 9.15. The van der Waals surface area contributed by atoms with E-state index in [1.165, 1.54) is 0 Å². The monoisotopic (exact) mass is 373 g/mol. The van der Waals surface area contributed by atoms with Gasteiger partial charge in [0.1, 0.15) is 5.82 Å². The van der Waals surface area contributed by atoms with Crippen LogP contribution in [0.1, 0.15) is 11.4 Å². The Bertz CT molecular complexity index is 798. The molecule has 3 aromatic rings. The zero-order chi connectivity index (χ0) is 16.2. The number of fused-ring (bicyclic) bond motifs is 1. The number of aromatic nitrogens is 2. The summed E-state index contributed by atoms with van der Waals surface area (Å²) >= 11 is 3.44. The lowest BCUT2D eigenvalue weighted by atomic mass is 10.2. The van der Waals surface area contributed by atoms with E-state index in [0.29, 0.717) is 13.1 Å². The Morgan fingerprint density at radius 1 is 1.17 bits per heavy atom. The van der Waals surface area contributed by atoms with Gasteiger partial charge in [-0.1, -0.05) is 40.2 Å². The van der Waals surface area contributed by atoms with Gasteiger partial charge in [0.2, 0.25) is 0 Å². The van der Waals surface area contributed by atoms with Gasteiger partial charge in [-0.2, -0.15) is 0 Å². The van der Waals surface area contributed by atoms with Crippen LogP contribution in [0.15, 0.2) is 53.0 Å². The number of halogens is 1. The lowest BCUT2D eigenvalue weighted by Gasteiger charge is -2.19. The highest BCUT2D eigenvalue weighted by Crippen LogP contribution is 2.16. The molecule has 0 spiro atoms. The summed E-state index contributed by atoms with van der Waals surface area (Å²) in [5.74, 6) is -0.0847. The number of hydrogen-bond donors (Lipinski definition) is 2. The quantitative estimate of drug-likeness (QED) is 0.694. The third-order valence-corrected chi connectivity index (χ3v) is 3.96. The second-order valence-corrected chi connectivity index (χ2v) is 6.29.